The second kappa shape index (κ2) is 31.0. The van der Waals surface area contributed by atoms with E-state index in [0.29, 0.717) is 24.1 Å². The molecule has 2 aromatic carbocycles. The van der Waals surface area contributed by atoms with Crippen LogP contribution in [0.4, 0.5) is 5.69 Å². The standard InChI is InChI=1S/C48H74N8O10/c1-31(2)27-37(45(62)53-36(44(51)61)28-34-23-25-35(49)26-24-34)54-47(64)43(32(3)57)56-42(60)22-18-13-11-9-7-5-4-6-8-10-12-17-21-41(59)52-38(30-40(50)58)46(63)55-39(48(65)66)29-33-19-15-14-16-20-33/h14-16,19-20,23-26,31-32,36-39,43,57H,4-13,17-18,21-22,27-30,49H2,1-3H3,(H2,50,58)(H2,51,61)(H,52,59)(H,53,62)(H,54,64)(H,55,63)(H,56,60)(H,65,66)/t32-,36-,37-,38-,39-,43-/m0/s1. The van der Waals surface area contributed by atoms with Crippen molar-refractivity contribution >= 4 is 53.0 Å². The second-order valence-electron chi connectivity index (χ2n) is 17.5. The Morgan fingerprint density at radius 3 is 1.44 bits per heavy atom. The van der Waals surface area contributed by atoms with Crippen LogP contribution in [0, 0.1) is 5.92 Å². The smallest absolute Gasteiger partial charge is 0.326 e. The molecule has 66 heavy (non-hydrogen) atoms. The van der Waals surface area contributed by atoms with Gasteiger partial charge in [-0.1, -0.05) is 121 Å². The number of nitrogens with two attached hydrogens (primary N) is 3. The lowest BCUT2D eigenvalue weighted by molar-refractivity contribution is -0.142. The first-order chi connectivity index (χ1) is 31.4. The number of nitrogen functional groups attached to an aromatic ring is 1. The van der Waals surface area contributed by atoms with Gasteiger partial charge in [0, 0.05) is 31.4 Å². The van der Waals surface area contributed by atoms with E-state index < -0.39 is 84.1 Å². The molecule has 13 N–H and O–H groups in total. The molecule has 7 amide bonds. The number of carbonyl (C=O) groups is 8. The van der Waals surface area contributed by atoms with Crippen molar-refractivity contribution in [3.8, 4) is 0 Å². The molecule has 0 radical (unpaired) electrons. The Hall–Kier alpha value is -6.04. The van der Waals surface area contributed by atoms with E-state index in [0.717, 1.165) is 69.8 Å². The van der Waals surface area contributed by atoms with Crippen LogP contribution in [0.5, 0.6) is 0 Å². The molecule has 366 valence electrons. The van der Waals surface area contributed by atoms with Gasteiger partial charge in [-0.3, -0.25) is 33.6 Å². The number of hydrogen-bond acceptors (Lipinski definition) is 10. The Balaban J connectivity index is 1.63. The molecule has 6 atom stereocenters. The highest BCUT2D eigenvalue weighted by atomic mass is 16.4. The van der Waals surface area contributed by atoms with Gasteiger partial charge in [-0.15, -0.1) is 0 Å². The van der Waals surface area contributed by atoms with E-state index in [2.05, 4.69) is 26.6 Å². The van der Waals surface area contributed by atoms with Crippen LogP contribution < -0.4 is 43.8 Å². The van der Waals surface area contributed by atoms with Crippen LogP contribution in [0.3, 0.4) is 0 Å². The van der Waals surface area contributed by atoms with E-state index >= 15 is 0 Å². The highest BCUT2D eigenvalue weighted by Crippen LogP contribution is 2.15. The number of benzene rings is 2. The third kappa shape index (κ3) is 23.8. The summed E-state index contributed by atoms with van der Waals surface area (Å²) in [6.45, 7) is 5.12. The third-order valence-electron chi connectivity index (χ3n) is 11.0. The van der Waals surface area contributed by atoms with Gasteiger partial charge in [0.05, 0.1) is 12.5 Å². The number of hydrogen-bond donors (Lipinski definition) is 10. The van der Waals surface area contributed by atoms with Crippen LogP contribution in [0.15, 0.2) is 54.6 Å². The van der Waals surface area contributed by atoms with Gasteiger partial charge in [0.2, 0.25) is 41.4 Å². The average Bonchev–Trinajstić information content (AvgIpc) is 3.25. The molecule has 0 fully saturated rings. The number of unbranched alkanes of at least 4 members (excludes halogenated alkanes) is 11. The highest BCUT2D eigenvalue weighted by Gasteiger charge is 2.32. The molecular weight excluding hydrogens is 849 g/mol. The van der Waals surface area contributed by atoms with Gasteiger partial charge in [-0.25, -0.2) is 4.79 Å². The highest BCUT2D eigenvalue weighted by molar-refractivity contribution is 5.95. The molecule has 18 nitrogen and oxygen atoms in total. The molecule has 0 heterocycles. The van der Waals surface area contributed by atoms with Gasteiger partial charge in [0.1, 0.15) is 30.2 Å². The Bertz CT molecular complexity index is 1840. The number of carbonyl (C=O) groups excluding carboxylic acids is 7. The van der Waals surface area contributed by atoms with Gasteiger partial charge < -0.3 is 54.0 Å². The van der Waals surface area contributed by atoms with Crippen molar-refractivity contribution in [1.82, 2.24) is 26.6 Å². The molecule has 0 aromatic heterocycles. The maximum absolute atomic E-state index is 13.3. The first-order valence-electron chi connectivity index (χ1n) is 23.2. The Morgan fingerprint density at radius 1 is 0.530 bits per heavy atom. The zero-order valence-electron chi connectivity index (χ0n) is 38.9. The molecular formula is C48H74N8O10. The molecule has 0 bridgehead atoms. The third-order valence-corrected chi connectivity index (χ3v) is 11.0. The molecule has 0 saturated carbocycles. The largest absolute Gasteiger partial charge is 0.480 e. The molecule has 2 rings (SSSR count). The number of aliphatic hydroxyl groups excluding tert-OH is 1. The number of carboxylic acids is 1. The first-order valence-corrected chi connectivity index (χ1v) is 23.2. The summed E-state index contributed by atoms with van der Waals surface area (Å²) in [5, 5.41) is 32.9. The number of aliphatic hydroxyl groups is 1. The van der Waals surface area contributed by atoms with Crippen molar-refractivity contribution in [2.75, 3.05) is 5.73 Å². The molecule has 0 aliphatic rings. The number of nitrogens with one attached hydrogen (secondary N) is 5. The zero-order valence-corrected chi connectivity index (χ0v) is 38.9. The molecule has 0 saturated heterocycles. The number of rotatable bonds is 34. The van der Waals surface area contributed by atoms with E-state index in [1.807, 2.05) is 13.8 Å². The second-order valence-corrected chi connectivity index (χ2v) is 17.5. The summed E-state index contributed by atoms with van der Waals surface area (Å²) in [4.78, 5) is 101. The van der Waals surface area contributed by atoms with E-state index in [9.17, 15) is 48.6 Å². The number of aliphatic carboxylic acids is 1. The number of primary amides is 2. The summed E-state index contributed by atoms with van der Waals surface area (Å²) in [5.74, 6) is -5.74. The van der Waals surface area contributed by atoms with Crippen molar-refractivity contribution in [1.29, 1.82) is 0 Å². The SMILES string of the molecule is CC(C)C[C@H](NC(=O)[C@@H](NC(=O)CCCCCCCCCCCCCCC(=O)N[C@@H](CC(N)=O)C(=O)N[C@@H](Cc1ccccc1)C(=O)O)[C@H](C)O)C(=O)N[C@@H](Cc1ccc(N)cc1)C(N)=O. The van der Waals surface area contributed by atoms with Gasteiger partial charge in [0.15, 0.2) is 0 Å². The monoisotopic (exact) mass is 923 g/mol. The van der Waals surface area contributed by atoms with E-state index in [1.165, 1.54) is 6.92 Å². The lowest BCUT2D eigenvalue weighted by Crippen LogP contribution is -2.59. The molecule has 0 spiro atoms. The quantitative estimate of drug-likeness (QED) is 0.0360. The summed E-state index contributed by atoms with van der Waals surface area (Å²) in [7, 11) is 0. The number of amides is 7. The summed E-state index contributed by atoms with van der Waals surface area (Å²) < 4.78 is 0. The summed E-state index contributed by atoms with van der Waals surface area (Å²) in [6.07, 6.45) is 10.0. The van der Waals surface area contributed by atoms with E-state index in [-0.39, 0.29) is 43.9 Å². The molecule has 2 aromatic rings. The van der Waals surface area contributed by atoms with Crippen LogP contribution in [-0.2, 0) is 51.2 Å². The van der Waals surface area contributed by atoms with Crippen molar-refractivity contribution < 1.29 is 48.6 Å². The maximum Gasteiger partial charge on any atom is 0.326 e. The van der Waals surface area contributed by atoms with Crippen molar-refractivity contribution in [2.24, 2.45) is 17.4 Å². The number of anilines is 1. The van der Waals surface area contributed by atoms with Gasteiger partial charge in [0.25, 0.3) is 0 Å². The fraction of sp³-hybridized carbons (Fsp3) is 0.583. The Labute approximate surface area is 388 Å². The van der Waals surface area contributed by atoms with Crippen LogP contribution >= 0.6 is 0 Å². The topological polar surface area (TPSA) is 315 Å². The van der Waals surface area contributed by atoms with Crippen LogP contribution in [-0.4, -0.2) is 93.8 Å². The minimum atomic E-state index is -1.29. The molecule has 0 unspecified atom stereocenters. The average molecular weight is 923 g/mol. The minimum Gasteiger partial charge on any atom is -0.480 e. The summed E-state index contributed by atoms with van der Waals surface area (Å²) >= 11 is 0. The summed E-state index contributed by atoms with van der Waals surface area (Å²) in [6, 6.07) is 9.66. The Kier molecular flexibility index (Phi) is 26.3. The minimum absolute atomic E-state index is 0.0201. The molecule has 0 aliphatic heterocycles. The van der Waals surface area contributed by atoms with E-state index in [1.54, 1.807) is 54.6 Å². The van der Waals surface area contributed by atoms with Crippen molar-refractivity contribution in [3.05, 3.63) is 65.7 Å². The maximum atomic E-state index is 13.3. The lowest BCUT2D eigenvalue weighted by Gasteiger charge is -2.27. The van der Waals surface area contributed by atoms with Gasteiger partial charge in [-0.05, 0) is 55.4 Å². The predicted octanol–water partition coefficient (Wildman–Crippen LogP) is 2.81. The van der Waals surface area contributed by atoms with Crippen molar-refractivity contribution in [3.63, 3.8) is 0 Å². The molecule has 18 heteroatoms. The van der Waals surface area contributed by atoms with Crippen LogP contribution in [0.25, 0.3) is 0 Å². The van der Waals surface area contributed by atoms with Crippen LogP contribution in [0.2, 0.25) is 0 Å². The zero-order chi connectivity index (χ0) is 49.0. The fourth-order valence-corrected chi connectivity index (χ4v) is 7.34. The molecule has 0 aliphatic carbocycles. The van der Waals surface area contributed by atoms with Crippen molar-refractivity contribution in [2.45, 2.75) is 173 Å². The van der Waals surface area contributed by atoms with Crippen LogP contribution in [0.1, 0.15) is 135 Å². The fourth-order valence-electron chi connectivity index (χ4n) is 7.34. The number of carboxylic acid groups (broad SMARTS) is 1. The normalized spacial score (nSPS) is 13.8. The summed E-state index contributed by atoms with van der Waals surface area (Å²) in [5.41, 5.74) is 18.6. The van der Waals surface area contributed by atoms with Gasteiger partial charge in [-0.2, -0.15) is 0 Å². The van der Waals surface area contributed by atoms with Gasteiger partial charge >= 0.3 is 5.97 Å². The first kappa shape index (κ1) is 56.1. The Morgan fingerprint density at radius 2 is 0.970 bits per heavy atom. The predicted molar refractivity (Wildman–Crippen MR) is 251 cm³/mol. The van der Waals surface area contributed by atoms with E-state index in [4.69, 9.17) is 17.2 Å². The lowest BCUT2D eigenvalue weighted by atomic mass is 10.0.